The summed E-state index contributed by atoms with van der Waals surface area (Å²) in [6.07, 6.45) is 5.93. The van der Waals surface area contributed by atoms with Crippen molar-refractivity contribution in [3.63, 3.8) is 0 Å². The van der Waals surface area contributed by atoms with Gasteiger partial charge >= 0.3 is 0 Å². The number of hydrogen-bond acceptors (Lipinski definition) is 5. The van der Waals surface area contributed by atoms with Crippen molar-refractivity contribution in [2.45, 2.75) is 46.1 Å². The maximum absolute atomic E-state index is 4.85. The van der Waals surface area contributed by atoms with E-state index in [1.807, 2.05) is 35.9 Å². The van der Waals surface area contributed by atoms with E-state index in [0.717, 1.165) is 47.7 Å². The first kappa shape index (κ1) is 20.7. The SMILES string of the molecule is CC=CCn1nc(C(C)CC)nc1Cc1ccc(-c2ccccc2-c2nnn[nH]2)cc1. The lowest BCUT2D eigenvalue weighted by atomic mass is 9.98. The monoisotopic (exact) mass is 413 g/mol. The number of aromatic amines is 1. The Morgan fingerprint density at radius 2 is 1.84 bits per heavy atom. The largest absolute Gasteiger partial charge is 0.246 e. The number of nitrogens with one attached hydrogen (secondary N) is 1. The van der Waals surface area contributed by atoms with Gasteiger partial charge in [-0.25, -0.2) is 14.8 Å². The fourth-order valence-corrected chi connectivity index (χ4v) is 3.47. The van der Waals surface area contributed by atoms with E-state index in [-0.39, 0.29) is 0 Å². The van der Waals surface area contributed by atoms with Crippen LogP contribution in [0.3, 0.4) is 0 Å². The molecule has 0 saturated carbocycles. The number of allylic oxidation sites excluding steroid dienone is 2. The number of hydrogen-bond donors (Lipinski definition) is 1. The van der Waals surface area contributed by atoms with Crippen LogP contribution in [0.5, 0.6) is 0 Å². The molecule has 31 heavy (non-hydrogen) atoms. The Bertz CT molecular complexity index is 1140. The van der Waals surface area contributed by atoms with Crippen molar-refractivity contribution in [2.75, 3.05) is 0 Å². The number of aromatic nitrogens is 7. The molecule has 0 aliphatic carbocycles. The second-order valence-corrected chi connectivity index (χ2v) is 7.62. The third-order valence-corrected chi connectivity index (χ3v) is 5.49. The van der Waals surface area contributed by atoms with Crippen LogP contribution in [0, 0.1) is 0 Å². The number of H-pyrrole nitrogens is 1. The second-order valence-electron chi connectivity index (χ2n) is 7.62. The fraction of sp³-hybridized carbons (Fsp3) is 0.292. The van der Waals surface area contributed by atoms with Crippen LogP contribution in [0.25, 0.3) is 22.5 Å². The molecule has 0 fully saturated rings. The van der Waals surface area contributed by atoms with Crippen LogP contribution in [0.2, 0.25) is 0 Å². The Morgan fingerprint density at radius 1 is 1.06 bits per heavy atom. The second kappa shape index (κ2) is 9.47. The summed E-state index contributed by atoms with van der Waals surface area (Å²) in [5.74, 6) is 2.94. The first-order chi connectivity index (χ1) is 15.2. The molecule has 2 heterocycles. The van der Waals surface area contributed by atoms with Crippen molar-refractivity contribution in [3.05, 3.63) is 77.9 Å². The quantitative estimate of drug-likeness (QED) is 0.419. The van der Waals surface area contributed by atoms with Gasteiger partial charge in [0, 0.05) is 17.9 Å². The first-order valence-corrected chi connectivity index (χ1v) is 10.7. The van der Waals surface area contributed by atoms with Crippen molar-refractivity contribution >= 4 is 0 Å². The van der Waals surface area contributed by atoms with Crippen molar-refractivity contribution < 1.29 is 0 Å². The molecule has 0 spiro atoms. The van der Waals surface area contributed by atoms with Crippen molar-refractivity contribution in [1.29, 1.82) is 0 Å². The van der Waals surface area contributed by atoms with Crippen LogP contribution < -0.4 is 0 Å². The molecule has 158 valence electrons. The van der Waals surface area contributed by atoms with Crippen LogP contribution in [-0.4, -0.2) is 35.4 Å². The molecule has 0 aliphatic heterocycles. The third-order valence-electron chi connectivity index (χ3n) is 5.49. The van der Waals surface area contributed by atoms with Gasteiger partial charge in [0.25, 0.3) is 0 Å². The van der Waals surface area contributed by atoms with Gasteiger partial charge in [0.05, 0.1) is 6.54 Å². The summed E-state index contributed by atoms with van der Waals surface area (Å²) < 4.78 is 2.02. The van der Waals surface area contributed by atoms with Crippen molar-refractivity contribution in [1.82, 2.24) is 35.4 Å². The van der Waals surface area contributed by atoms with Crippen LogP contribution in [0.1, 0.15) is 50.3 Å². The lowest BCUT2D eigenvalue weighted by molar-refractivity contribution is 0.625. The number of nitrogens with zero attached hydrogens (tertiary/aromatic N) is 6. The van der Waals surface area contributed by atoms with Gasteiger partial charge in [-0.1, -0.05) is 74.5 Å². The molecular formula is C24H27N7. The molecule has 7 heteroatoms. The van der Waals surface area contributed by atoms with Crippen LogP contribution in [-0.2, 0) is 13.0 Å². The summed E-state index contributed by atoms with van der Waals surface area (Å²) in [4.78, 5) is 4.85. The highest BCUT2D eigenvalue weighted by Gasteiger charge is 2.15. The van der Waals surface area contributed by atoms with Crippen LogP contribution in [0.15, 0.2) is 60.7 Å². The zero-order chi connectivity index (χ0) is 21.6. The Morgan fingerprint density at radius 3 is 2.52 bits per heavy atom. The Labute approximate surface area is 182 Å². The molecule has 1 unspecified atom stereocenters. The molecule has 1 N–H and O–H groups in total. The number of tetrazole rings is 1. The lowest BCUT2D eigenvalue weighted by Crippen LogP contribution is -2.05. The fourth-order valence-electron chi connectivity index (χ4n) is 3.47. The molecule has 0 radical (unpaired) electrons. The topological polar surface area (TPSA) is 85.2 Å². The molecule has 0 aliphatic rings. The predicted molar refractivity (Wildman–Crippen MR) is 121 cm³/mol. The molecule has 0 bridgehead atoms. The van der Waals surface area contributed by atoms with Crippen LogP contribution in [0.4, 0.5) is 0 Å². The highest BCUT2D eigenvalue weighted by molar-refractivity contribution is 5.80. The van der Waals surface area contributed by atoms with Gasteiger partial charge in [-0.05, 0) is 40.5 Å². The van der Waals surface area contributed by atoms with E-state index in [4.69, 9.17) is 10.1 Å². The third kappa shape index (κ3) is 4.60. The zero-order valence-corrected chi connectivity index (χ0v) is 18.2. The van der Waals surface area contributed by atoms with Gasteiger partial charge in [0.15, 0.2) is 11.6 Å². The first-order valence-electron chi connectivity index (χ1n) is 10.7. The lowest BCUT2D eigenvalue weighted by Gasteiger charge is -2.08. The average molecular weight is 414 g/mol. The smallest absolute Gasteiger partial charge is 0.180 e. The van der Waals surface area contributed by atoms with E-state index in [9.17, 15) is 0 Å². The minimum absolute atomic E-state index is 0.357. The molecule has 0 amide bonds. The number of rotatable bonds is 8. The van der Waals surface area contributed by atoms with E-state index in [1.54, 1.807) is 0 Å². The molecule has 7 nitrogen and oxygen atoms in total. The van der Waals surface area contributed by atoms with Crippen molar-refractivity contribution in [2.24, 2.45) is 0 Å². The molecule has 1 atom stereocenters. The molecule has 0 saturated heterocycles. The Kier molecular flexibility index (Phi) is 6.31. The highest BCUT2D eigenvalue weighted by atomic mass is 15.5. The minimum atomic E-state index is 0.357. The van der Waals surface area contributed by atoms with Gasteiger partial charge in [-0.15, -0.1) is 5.10 Å². The van der Waals surface area contributed by atoms with E-state index in [1.165, 1.54) is 5.56 Å². The summed E-state index contributed by atoms with van der Waals surface area (Å²) >= 11 is 0. The summed E-state index contributed by atoms with van der Waals surface area (Å²) in [6, 6.07) is 16.7. The molecular weight excluding hydrogens is 386 g/mol. The molecule has 4 aromatic rings. The Balaban J connectivity index is 1.60. The van der Waals surface area contributed by atoms with Gasteiger partial charge in [0.2, 0.25) is 0 Å². The summed E-state index contributed by atoms with van der Waals surface area (Å²) in [5.41, 5.74) is 4.38. The zero-order valence-electron chi connectivity index (χ0n) is 18.2. The predicted octanol–water partition coefficient (Wildman–Crippen LogP) is 4.81. The van der Waals surface area contributed by atoms with E-state index >= 15 is 0 Å². The summed E-state index contributed by atoms with van der Waals surface area (Å²) in [6.45, 7) is 7.11. The molecule has 2 aromatic carbocycles. The minimum Gasteiger partial charge on any atom is -0.246 e. The summed E-state index contributed by atoms with van der Waals surface area (Å²) in [5, 5.41) is 19.1. The van der Waals surface area contributed by atoms with E-state index in [2.05, 4.69) is 70.9 Å². The van der Waals surface area contributed by atoms with Gasteiger partial charge in [0.1, 0.15) is 5.82 Å². The average Bonchev–Trinajstić information content (AvgIpc) is 3.48. The molecule has 2 aromatic heterocycles. The van der Waals surface area contributed by atoms with Gasteiger partial charge in [-0.2, -0.15) is 5.10 Å². The maximum Gasteiger partial charge on any atom is 0.180 e. The van der Waals surface area contributed by atoms with Gasteiger partial charge in [-0.3, -0.25) is 0 Å². The van der Waals surface area contributed by atoms with Gasteiger partial charge < -0.3 is 0 Å². The summed E-state index contributed by atoms with van der Waals surface area (Å²) in [7, 11) is 0. The Hall–Kier alpha value is -3.61. The van der Waals surface area contributed by atoms with Crippen LogP contribution >= 0.6 is 0 Å². The standard InChI is InChI=1S/C24H27N7/c1-4-6-15-31-22(25-23(28-31)17(3)5-2)16-18-11-13-19(14-12-18)20-9-7-8-10-21(20)24-26-29-30-27-24/h4,6-14,17H,5,15-16H2,1-3H3,(H,26,27,29,30). The van der Waals surface area contributed by atoms with Crippen molar-refractivity contribution in [3.8, 4) is 22.5 Å². The molecule has 4 rings (SSSR count). The van der Waals surface area contributed by atoms with E-state index < -0.39 is 0 Å². The maximum atomic E-state index is 4.85. The normalized spacial score (nSPS) is 12.5. The van der Waals surface area contributed by atoms with E-state index in [0.29, 0.717) is 11.7 Å². The number of benzene rings is 2. The highest BCUT2D eigenvalue weighted by Crippen LogP contribution is 2.30.